The molecule has 1 atom stereocenters. The highest BCUT2D eigenvalue weighted by atomic mass is 19.4. The van der Waals surface area contributed by atoms with Crippen LogP contribution in [0.5, 0.6) is 5.75 Å². The summed E-state index contributed by atoms with van der Waals surface area (Å²) in [6.45, 7) is 2.15. The summed E-state index contributed by atoms with van der Waals surface area (Å²) in [7, 11) is 1.77. The molecule has 0 aliphatic heterocycles. The number of alkyl halides is 3. The van der Waals surface area contributed by atoms with E-state index in [2.05, 4.69) is 15.3 Å². The Bertz CT molecular complexity index is 1410. The van der Waals surface area contributed by atoms with E-state index in [9.17, 15) is 22.0 Å². The monoisotopic (exact) mass is 461 g/mol. The van der Waals surface area contributed by atoms with E-state index in [1.165, 1.54) is 24.3 Å². The van der Waals surface area contributed by atoms with Crippen LogP contribution < -0.4 is 10.1 Å². The number of hydrogen-bond acceptors (Lipinski definition) is 2. The minimum absolute atomic E-state index is 0.0407. The predicted octanol–water partition coefficient (Wildman–Crippen LogP) is 6.63. The van der Waals surface area contributed by atoms with Gasteiger partial charge in [0.25, 0.3) is 0 Å². The first-order valence-corrected chi connectivity index (χ1v) is 10.5. The number of fused-ring (bicyclic) bond motifs is 6. The summed E-state index contributed by atoms with van der Waals surface area (Å²) in [4.78, 5) is 5.98. The van der Waals surface area contributed by atoms with Gasteiger partial charge in [0, 0.05) is 38.6 Å². The standard InChI is InChI=1S/C24H20F5N3O/c1-3-13(30-2)10-33-23-21-18(14-8-11(25)4-6-16(14)31-21)20(24(27,28)29)19-15-9-12(26)5-7-17(15)32-22(19)23/h4-9,13,30-32H,3,10H2,1-2H3. The average Bonchev–Trinajstić information content (AvgIpc) is 3.31. The molecule has 0 saturated carbocycles. The van der Waals surface area contributed by atoms with Gasteiger partial charge in [-0.15, -0.1) is 0 Å². The number of ether oxygens (including phenoxy) is 1. The molecule has 3 aromatic carbocycles. The van der Waals surface area contributed by atoms with Gasteiger partial charge in [0.1, 0.15) is 18.2 Å². The molecule has 0 spiro atoms. The number of benzene rings is 3. The Balaban J connectivity index is 1.99. The van der Waals surface area contributed by atoms with Crippen molar-refractivity contribution < 1.29 is 26.7 Å². The lowest BCUT2D eigenvalue weighted by Gasteiger charge is -2.18. The van der Waals surface area contributed by atoms with Crippen LogP contribution in [-0.2, 0) is 6.18 Å². The highest BCUT2D eigenvalue weighted by Crippen LogP contribution is 2.49. The van der Waals surface area contributed by atoms with Crippen molar-refractivity contribution in [1.29, 1.82) is 0 Å². The molecule has 1 unspecified atom stereocenters. The van der Waals surface area contributed by atoms with Crippen LogP contribution in [0.1, 0.15) is 18.9 Å². The number of aromatic nitrogens is 2. The zero-order valence-corrected chi connectivity index (χ0v) is 17.8. The zero-order valence-electron chi connectivity index (χ0n) is 17.8. The molecule has 2 aromatic heterocycles. The van der Waals surface area contributed by atoms with Gasteiger partial charge in [-0.2, -0.15) is 13.2 Å². The maximum absolute atomic E-state index is 14.5. The number of aromatic amines is 2. The second-order valence-electron chi connectivity index (χ2n) is 8.04. The third-order valence-electron chi connectivity index (χ3n) is 6.09. The summed E-state index contributed by atoms with van der Waals surface area (Å²) < 4.78 is 77.9. The van der Waals surface area contributed by atoms with Gasteiger partial charge in [-0.1, -0.05) is 6.92 Å². The van der Waals surface area contributed by atoms with E-state index in [-0.39, 0.29) is 51.0 Å². The van der Waals surface area contributed by atoms with Crippen molar-refractivity contribution in [3.05, 3.63) is 53.6 Å². The first-order chi connectivity index (χ1) is 15.7. The predicted molar refractivity (Wildman–Crippen MR) is 119 cm³/mol. The van der Waals surface area contributed by atoms with Crippen LogP contribution in [0.25, 0.3) is 43.6 Å². The Kier molecular flexibility index (Phi) is 4.97. The van der Waals surface area contributed by atoms with Crippen LogP contribution in [0.3, 0.4) is 0 Å². The molecule has 0 fully saturated rings. The average molecular weight is 461 g/mol. The van der Waals surface area contributed by atoms with Gasteiger partial charge in [-0.05, 0) is 49.9 Å². The smallest absolute Gasteiger partial charge is 0.417 e. The van der Waals surface area contributed by atoms with Gasteiger partial charge in [-0.3, -0.25) is 0 Å². The highest BCUT2D eigenvalue weighted by Gasteiger charge is 2.39. The molecule has 33 heavy (non-hydrogen) atoms. The largest absolute Gasteiger partial charge is 0.488 e. The van der Waals surface area contributed by atoms with E-state index in [1.807, 2.05) is 6.92 Å². The van der Waals surface area contributed by atoms with E-state index in [0.29, 0.717) is 11.0 Å². The van der Waals surface area contributed by atoms with E-state index >= 15 is 0 Å². The Labute approximate surface area is 184 Å². The van der Waals surface area contributed by atoms with Crippen molar-refractivity contribution in [1.82, 2.24) is 15.3 Å². The van der Waals surface area contributed by atoms with Crippen molar-refractivity contribution in [2.45, 2.75) is 25.6 Å². The molecule has 172 valence electrons. The first kappa shape index (κ1) is 21.5. The molecule has 0 amide bonds. The summed E-state index contributed by atoms with van der Waals surface area (Å²) in [6, 6.07) is 7.23. The van der Waals surface area contributed by atoms with Gasteiger partial charge in [0.2, 0.25) is 0 Å². The summed E-state index contributed by atoms with van der Waals surface area (Å²) in [6.07, 6.45) is -4.06. The van der Waals surface area contributed by atoms with Crippen LogP contribution in [0.4, 0.5) is 22.0 Å². The van der Waals surface area contributed by atoms with Crippen LogP contribution in [0.2, 0.25) is 0 Å². The quantitative estimate of drug-likeness (QED) is 0.257. The second-order valence-corrected chi connectivity index (χ2v) is 8.04. The molecular weight excluding hydrogens is 441 g/mol. The molecule has 5 rings (SSSR count). The number of H-pyrrole nitrogens is 2. The van der Waals surface area contributed by atoms with E-state index < -0.39 is 23.4 Å². The molecule has 0 aliphatic carbocycles. The topological polar surface area (TPSA) is 52.8 Å². The number of hydrogen-bond donors (Lipinski definition) is 3. The fourth-order valence-electron chi connectivity index (χ4n) is 4.46. The number of nitrogens with one attached hydrogen (secondary N) is 3. The molecule has 0 bridgehead atoms. The highest BCUT2D eigenvalue weighted by molar-refractivity contribution is 6.23. The number of rotatable bonds is 5. The summed E-state index contributed by atoms with van der Waals surface area (Å²) in [5, 5.41) is 2.84. The van der Waals surface area contributed by atoms with Gasteiger partial charge < -0.3 is 20.0 Å². The fourth-order valence-corrected chi connectivity index (χ4v) is 4.46. The van der Waals surface area contributed by atoms with Crippen molar-refractivity contribution in [3.8, 4) is 5.75 Å². The Morgan fingerprint density at radius 2 is 1.42 bits per heavy atom. The molecular formula is C24H20F5N3O. The SMILES string of the molecule is CCC(COc1c2[nH]c3ccc(F)cc3c2c(C(F)(F)F)c2c1[nH]c1ccc(F)cc12)NC. The van der Waals surface area contributed by atoms with Gasteiger partial charge in [0.05, 0.1) is 16.6 Å². The van der Waals surface area contributed by atoms with Gasteiger partial charge in [0.15, 0.2) is 5.75 Å². The molecule has 5 aromatic rings. The lowest BCUT2D eigenvalue weighted by molar-refractivity contribution is -0.134. The van der Waals surface area contributed by atoms with Crippen molar-refractivity contribution in [2.75, 3.05) is 13.7 Å². The number of likely N-dealkylation sites (N-methyl/N-ethyl adjacent to an activating group) is 1. The minimum Gasteiger partial charge on any atom is -0.488 e. The summed E-state index contributed by atoms with van der Waals surface area (Å²) >= 11 is 0. The number of halogens is 5. The van der Waals surface area contributed by atoms with Crippen LogP contribution >= 0.6 is 0 Å². The molecule has 2 heterocycles. The Morgan fingerprint density at radius 3 is 1.85 bits per heavy atom. The second kappa shape index (κ2) is 7.62. The van der Waals surface area contributed by atoms with Crippen LogP contribution in [0.15, 0.2) is 36.4 Å². The lowest BCUT2D eigenvalue weighted by atomic mass is 9.98. The molecule has 4 nitrogen and oxygen atoms in total. The maximum Gasteiger partial charge on any atom is 0.417 e. The van der Waals surface area contributed by atoms with Crippen molar-refractivity contribution in [3.63, 3.8) is 0 Å². The molecule has 9 heteroatoms. The maximum atomic E-state index is 14.5. The van der Waals surface area contributed by atoms with Crippen LogP contribution in [-0.4, -0.2) is 29.7 Å². The van der Waals surface area contributed by atoms with E-state index in [4.69, 9.17) is 4.74 Å². The summed E-state index contributed by atoms with van der Waals surface area (Å²) in [5.41, 5.74) is -0.0767. The zero-order chi connectivity index (χ0) is 23.5. The van der Waals surface area contributed by atoms with Crippen LogP contribution in [0, 0.1) is 11.6 Å². The Hall–Kier alpha value is -3.33. The van der Waals surface area contributed by atoms with E-state index in [0.717, 1.165) is 18.6 Å². The Morgan fingerprint density at radius 1 is 0.909 bits per heavy atom. The molecule has 3 N–H and O–H groups in total. The third-order valence-corrected chi connectivity index (χ3v) is 6.09. The van der Waals surface area contributed by atoms with Gasteiger partial charge in [-0.25, -0.2) is 8.78 Å². The third kappa shape index (κ3) is 3.38. The molecule has 0 radical (unpaired) electrons. The lowest BCUT2D eigenvalue weighted by Crippen LogP contribution is -2.30. The minimum atomic E-state index is -4.80. The molecule has 0 aliphatic rings. The normalized spacial score (nSPS) is 13.5. The first-order valence-electron chi connectivity index (χ1n) is 10.5. The van der Waals surface area contributed by atoms with Crippen molar-refractivity contribution in [2.24, 2.45) is 0 Å². The van der Waals surface area contributed by atoms with E-state index in [1.54, 1.807) is 7.05 Å². The van der Waals surface area contributed by atoms with Crippen molar-refractivity contribution >= 4 is 43.6 Å². The molecule has 0 saturated heterocycles. The van der Waals surface area contributed by atoms with Gasteiger partial charge >= 0.3 is 6.18 Å². The summed E-state index contributed by atoms with van der Waals surface area (Å²) in [5.74, 6) is -1.15. The fraction of sp³-hybridized carbons (Fsp3) is 0.250.